The Kier molecular flexibility index (Phi) is 7.98. The molecule has 0 heterocycles. The zero-order valence-corrected chi connectivity index (χ0v) is 14.8. The summed E-state index contributed by atoms with van der Waals surface area (Å²) >= 11 is 0. The first-order valence-electron chi connectivity index (χ1n) is 8.45. The fraction of sp³-hybridized carbons (Fsp3) is 0.684. The van der Waals surface area contributed by atoms with E-state index in [0.29, 0.717) is 18.0 Å². The highest BCUT2D eigenvalue weighted by Crippen LogP contribution is 2.26. The lowest BCUT2D eigenvalue weighted by molar-refractivity contribution is 0.141. The molecule has 2 nitrogen and oxygen atoms in total. The summed E-state index contributed by atoms with van der Waals surface area (Å²) < 4.78 is 0. The first-order valence-corrected chi connectivity index (χ1v) is 8.45. The summed E-state index contributed by atoms with van der Waals surface area (Å²) in [5.41, 5.74) is 1.40. The van der Waals surface area contributed by atoms with Crippen molar-refractivity contribution >= 4 is 0 Å². The minimum Gasteiger partial charge on any atom is -0.309 e. The largest absolute Gasteiger partial charge is 0.309 e. The number of benzene rings is 1. The van der Waals surface area contributed by atoms with E-state index < -0.39 is 0 Å². The van der Waals surface area contributed by atoms with Crippen molar-refractivity contribution in [1.82, 2.24) is 10.2 Å². The Balaban J connectivity index is 2.92. The second kappa shape index (κ2) is 9.22. The topological polar surface area (TPSA) is 15.3 Å². The molecule has 0 radical (unpaired) electrons. The van der Waals surface area contributed by atoms with Gasteiger partial charge in [-0.25, -0.2) is 0 Å². The number of hydrogen-bond acceptors (Lipinski definition) is 2. The van der Waals surface area contributed by atoms with Gasteiger partial charge >= 0.3 is 0 Å². The molecule has 0 saturated heterocycles. The Morgan fingerprint density at radius 1 is 1.05 bits per heavy atom. The van der Waals surface area contributed by atoms with E-state index in [1.165, 1.54) is 12.0 Å². The maximum absolute atomic E-state index is 3.71. The smallest absolute Gasteiger partial charge is 0.0480 e. The lowest BCUT2D eigenvalue weighted by Crippen LogP contribution is -2.46. The minimum atomic E-state index is 0.397. The predicted molar refractivity (Wildman–Crippen MR) is 93.6 cm³/mol. The number of nitrogens with one attached hydrogen (secondary N) is 1. The van der Waals surface area contributed by atoms with Gasteiger partial charge in [0.2, 0.25) is 0 Å². The van der Waals surface area contributed by atoms with Gasteiger partial charge in [-0.1, -0.05) is 65.0 Å². The van der Waals surface area contributed by atoms with Crippen LogP contribution in [0.4, 0.5) is 0 Å². The lowest BCUT2D eigenvalue weighted by atomic mass is 9.89. The highest BCUT2D eigenvalue weighted by atomic mass is 15.2. The van der Waals surface area contributed by atoms with E-state index in [-0.39, 0.29) is 0 Å². The average molecular weight is 290 g/mol. The Morgan fingerprint density at radius 2 is 1.67 bits per heavy atom. The second-order valence-electron chi connectivity index (χ2n) is 6.84. The molecule has 2 heteroatoms. The molecule has 21 heavy (non-hydrogen) atoms. The summed E-state index contributed by atoms with van der Waals surface area (Å²) in [7, 11) is 2.28. The maximum Gasteiger partial charge on any atom is 0.0480 e. The van der Waals surface area contributed by atoms with Crippen LogP contribution in [0, 0.1) is 11.8 Å². The standard InChI is InChI=1S/C19H34N2/c1-7-20-18(17-11-9-8-10-12-17)19(16(4)5)21(6)14-13-15(2)3/h8-12,15-16,18-20H,7,13-14H2,1-6H3. The zero-order valence-electron chi connectivity index (χ0n) is 14.8. The van der Waals surface area contributed by atoms with Gasteiger partial charge in [0.25, 0.3) is 0 Å². The molecule has 2 atom stereocenters. The van der Waals surface area contributed by atoms with Crippen LogP contribution in [0.15, 0.2) is 30.3 Å². The van der Waals surface area contributed by atoms with Gasteiger partial charge in [0.05, 0.1) is 0 Å². The van der Waals surface area contributed by atoms with Crippen LogP contribution in [0.3, 0.4) is 0 Å². The van der Waals surface area contributed by atoms with Crippen molar-refractivity contribution in [3.63, 3.8) is 0 Å². The molecule has 0 fully saturated rings. The van der Waals surface area contributed by atoms with Gasteiger partial charge in [0.1, 0.15) is 0 Å². The normalized spacial score (nSPS) is 14.9. The quantitative estimate of drug-likeness (QED) is 0.728. The summed E-state index contributed by atoms with van der Waals surface area (Å²) in [6.45, 7) is 13.6. The molecule has 1 aromatic carbocycles. The number of nitrogens with zero attached hydrogens (tertiary/aromatic N) is 1. The van der Waals surface area contributed by atoms with Crippen molar-refractivity contribution in [2.75, 3.05) is 20.1 Å². The van der Waals surface area contributed by atoms with E-state index in [2.05, 4.69) is 82.2 Å². The van der Waals surface area contributed by atoms with Crippen LogP contribution >= 0.6 is 0 Å². The third kappa shape index (κ3) is 5.80. The van der Waals surface area contributed by atoms with E-state index in [1.807, 2.05) is 0 Å². The first kappa shape index (κ1) is 18.2. The Labute approximate surface area is 131 Å². The van der Waals surface area contributed by atoms with Crippen LogP contribution in [0.2, 0.25) is 0 Å². The molecule has 120 valence electrons. The summed E-state index contributed by atoms with van der Waals surface area (Å²) in [5, 5.41) is 3.71. The molecule has 2 unspecified atom stereocenters. The highest BCUT2D eigenvalue weighted by Gasteiger charge is 2.28. The minimum absolute atomic E-state index is 0.397. The first-order chi connectivity index (χ1) is 9.97. The van der Waals surface area contributed by atoms with E-state index >= 15 is 0 Å². The molecule has 1 rings (SSSR count). The summed E-state index contributed by atoms with van der Waals surface area (Å²) in [4.78, 5) is 2.55. The van der Waals surface area contributed by atoms with E-state index in [1.54, 1.807) is 0 Å². The van der Waals surface area contributed by atoms with Crippen molar-refractivity contribution < 1.29 is 0 Å². The van der Waals surface area contributed by atoms with Crippen molar-refractivity contribution in [3.05, 3.63) is 35.9 Å². The number of rotatable bonds is 9. The lowest BCUT2D eigenvalue weighted by Gasteiger charge is -2.38. The molecule has 0 spiro atoms. The second-order valence-corrected chi connectivity index (χ2v) is 6.84. The fourth-order valence-corrected chi connectivity index (χ4v) is 3.08. The Morgan fingerprint density at radius 3 is 2.14 bits per heavy atom. The van der Waals surface area contributed by atoms with Gasteiger partial charge in [-0.3, -0.25) is 0 Å². The average Bonchev–Trinajstić information content (AvgIpc) is 2.45. The molecule has 0 aliphatic carbocycles. The number of hydrogen-bond donors (Lipinski definition) is 1. The van der Waals surface area contributed by atoms with Crippen LogP contribution in [-0.2, 0) is 0 Å². The SMILES string of the molecule is CCNC(c1ccccc1)C(C(C)C)N(C)CCC(C)C. The molecule has 1 N–H and O–H groups in total. The van der Waals surface area contributed by atoms with Crippen LogP contribution in [0.5, 0.6) is 0 Å². The van der Waals surface area contributed by atoms with Gasteiger partial charge in [-0.2, -0.15) is 0 Å². The molecule has 0 saturated carbocycles. The summed E-state index contributed by atoms with van der Waals surface area (Å²) in [6.07, 6.45) is 1.26. The highest BCUT2D eigenvalue weighted by molar-refractivity contribution is 5.21. The van der Waals surface area contributed by atoms with Gasteiger partial charge in [0.15, 0.2) is 0 Å². The van der Waals surface area contributed by atoms with Crippen molar-refractivity contribution in [3.8, 4) is 0 Å². The molecule has 1 aromatic rings. The predicted octanol–water partition coefficient (Wildman–Crippen LogP) is 4.34. The molecule has 0 amide bonds. The molecular weight excluding hydrogens is 256 g/mol. The van der Waals surface area contributed by atoms with E-state index in [9.17, 15) is 0 Å². The molecular formula is C19H34N2. The molecule has 0 bridgehead atoms. The molecule has 0 aromatic heterocycles. The van der Waals surface area contributed by atoms with Crippen LogP contribution in [0.1, 0.15) is 52.6 Å². The molecule has 0 aliphatic rings. The third-order valence-electron chi connectivity index (χ3n) is 4.18. The third-order valence-corrected chi connectivity index (χ3v) is 4.18. The fourth-order valence-electron chi connectivity index (χ4n) is 3.08. The van der Waals surface area contributed by atoms with Gasteiger partial charge in [-0.05, 0) is 44.0 Å². The molecule has 0 aliphatic heterocycles. The Bertz CT molecular complexity index is 372. The van der Waals surface area contributed by atoms with Crippen molar-refractivity contribution in [1.29, 1.82) is 0 Å². The van der Waals surface area contributed by atoms with Gasteiger partial charge < -0.3 is 10.2 Å². The monoisotopic (exact) mass is 290 g/mol. The van der Waals surface area contributed by atoms with E-state index in [4.69, 9.17) is 0 Å². The maximum atomic E-state index is 3.71. The van der Waals surface area contributed by atoms with E-state index in [0.717, 1.165) is 19.0 Å². The van der Waals surface area contributed by atoms with Crippen molar-refractivity contribution in [2.45, 2.75) is 53.1 Å². The van der Waals surface area contributed by atoms with Crippen LogP contribution in [0.25, 0.3) is 0 Å². The Hall–Kier alpha value is -0.860. The number of likely N-dealkylation sites (N-methyl/N-ethyl adjacent to an activating group) is 2. The van der Waals surface area contributed by atoms with Gasteiger partial charge in [0, 0.05) is 12.1 Å². The van der Waals surface area contributed by atoms with Gasteiger partial charge in [-0.15, -0.1) is 0 Å². The summed E-state index contributed by atoms with van der Waals surface area (Å²) in [5.74, 6) is 1.38. The summed E-state index contributed by atoms with van der Waals surface area (Å²) in [6, 6.07) is 11.8. The zero-order chi connectivity index (χ0) is 15.8. The van der Waals surface area contributed by atoms with Crippen LogP contribution in [-0.4, -0.2) is 31.1 Å². The van der Waals surface area contributed by atoms with Crippen molar-refractivity contribution in [2.24, 2.45) is 11.8 Å². The van der Waals surface area contributed by atoms with Crippen LogP contribution < -0.4 is 5.32 Å².